The van der Waals surface area contributed by atoms with Crippen molar-refractivity contribution in [2.24, 2.45) is 9.98 Å². The Bertz CT molecular complexity index is 1860. The highest BCUT2D eigenvalue weighted by molar-refractivity contribution is 6.51. The lowest BCUT2D eigenvalue weighted by atomic mass is 9.85. The van der Waals surface area contributed by atoms with E-state index >= 15 is 0 Å². The van der Waals surface area contributed by atoms with Gasteiger partial charge in [-0.1, -0.05) is 94.4 Å². The van der Waals surface area contributed by atoms with Gasteiger partial charge in [-0.3, -0.25) is 0 Å². The lowest BCUT2D eigenvalue weighted by Crippen LogP contribution is -2.46. The molecule has 3 heterocycles. The third-order valence-corrected chi connectivity index (χ3v) is 8.36. The summed E-state index contributed by atoms with van der Waals surface area (Å²) in [6, 6.07) is 36.0. The minimum absolute atomic E-state index is 0.0613. The number of aliphatic imine (C=N–C) groups is 2. The molecule has 1 unspecified atom stereocenters. The topological polar surface area (TPSA) is 57.8 Å². The summed E-state index contributed by atoms with van der Waals surface area (Å²) in [4.78, 5) is 12.8. The van der Waals surface area contributed by atoms with Crippen LogP contribution in [-0.2, 0) is 11.8 Å². The van der Waals surface area contributed by atoms with Crippen LogP contribution in [0.2, 0.25) is 0 Å². The van der Waals surface area contributed by atoms with Crippen LogP contribution in [0.3, 0.4) is 0 Å². The number of hydrogen-bond donors (Lipinski definition) is 1. The number of rotatable bonds is 4. The Morgan fingerprint density at radius 1 is 0.791 bits per heavy atom. The van der Waals surface area contributed by atoms with Gasteiger partial charge in [0.25, 0.3) is 0 Å². The van der Waals surface area contributed by atoms with Crippen LogP contribution in [0.25, 0.3) is 5.69 Å². The maximum atomic E-state index is 5.36. The first-order valence-corrected chi connectivity index (χ1v) is 15.0. The van der Waals surface area contributed by atoms with Crippen LogP contribution in [0.15, 0.2) is 113 Å². The molecule has 0 aliphatic carbocycles. The molecule has 43 heavy (non-hydrogen) atoms. The Labute approximate surface area is 253 Å². The van der Waals surface area contributed by atoms with Gasteiger partial charge in [-0.15, -0.1) is 0 Å². The van der Waals surface area contributed by atoms with Gasteiger partial charge in [0.1, 0.15) is 0 Å². The normalized spacial score (nSPS) is 15.7. The molecule has 2 aliphatic heterocycles. The van der Waals surface area contributed by atoms with Gasteiger partial charge < -0.3 is 10.2 Å². The number of amidine groups is 2. The predicted molar refractivity (Wildman–Crippen MR) is 178 cm³/mol. The molecule has 0 radical (unpaired) electrons. The third kappa shape index (κ3) is 4.73. The molecule has 5 aromatic rings. The minimum atomic E-state index is -0.148. The Balaban J connectivity index is 1.46. The molecule has 0 saturated heterocycles. The number of fused-ring (bicyclic) bond motifs is 4. The molecule has 6 heteroatoms. The largest absolute Gasteiger partial charge is 0.337 e. The summed E-state index contributed by atoms with van der Waals surface area (Å²) >= 11 is 0. The lowest BCUT2D eigenvalue weighted by Gasteiger charge is -2.40. The summed E-state index contributed by atoms with van der Waals surface area (Å²) in [7, 11) is 0. The summed E-state index contributed by atoms with van der Waals surface area (Å²) in [6.07, 6.45) is 0.996. The SMILES string of the molecule is CCc1ccc(NC2=Nc3ccccc3N3C2=Nc2c(c(C)nn2-c2ccccc2)C3c2ccc(C(C)(C)C)cc2)cc1. The molecule has 6 nitrogen and oxygen atoms in total. The van der Waals surface area contributed by atoms with Crippen LogP contribution in [0, 0.1) is 6.92 Å². The first-order valence-electron chi connectivity index (χ1n) is 15.0. The molecule has 1 atom stereocenters. The lowest BCUT2D eigenvalue weighted by molar-refractivity contribution is 0.589. The van der Waals surface area contributed by atoms with E-state index in [9.17, 15) is 0 Å². The van der Waals surface area contributed by atoms with Crippen LogP contribution in [0.5, 0.6) is 0 Å². The van der Waals surface area contributed by atoms with Gasteiger partial charge in [0.2, 0.25) is 0 Å². The summed E-state index contributed by atoms with van der Waals surface area (Å²) < 4.78 is 1.97. The van der Waals surface area contributed by atoms with E-state index in [1.165, 1.54) is 16.7 Å². The van der Waals surface area contributed by atoms with E-state index in [1.807, 2.05) is 28.9 Å². The third-order valence-electron chi connectivity index (χ3n) is 8.36. The second-order valence-corrected chi connectivity index (χ2v) is 12.3. The summed E-state index contributed by atoms with van der Waals surface area (Å²) in [5, 5.41) is 8.68. The van der Waals surface area contributed by atoms with Crippen LogP contribution in [-0.4, -0.2) is 21.5 Å². The second kappa shape index (κ2) is 10.4. The number of aryl methyl sites for hydroxylation is 2. The van der Waals surface area contributed by atoms with Gasteiger partial charge in [0.05, 0.1) is 28.8 Å². The maximum Gasteiger partial charge on any atom is 0.179 e. The van der Waals surface area contributed by atoms with Crippen molar-refractivity contribution in [3.63, 3.8) is 0 Å². The molecule has 0 spiro atoms. The van der Waals surface area contributed by atoms with Crippen molar-refractivity contribution in [2.45, 2.75) is 52.5 Å². The fourth-order valence-corrected chi connectivity index (χ4v) is 5.99. The van der Waals surface area contributed by atoms with Gasteiger partial charge in [-0.05, 0) is 71.8 Å². The number of benzene rings is 4. The molecule has 0 bridgehead atoms. The van der Waals surface area contributed by atoms with Crippen molar-refractivity contribution in [1.82, 2.24) is 9.78 Å². The van der Waals surface area contributed by atoms with E-state index in [4.69, 9.17) is 15.1 Å². The van der Waals surface area contributed by atoms with E-state index in [2.05, 4.69) is 124 Å². The number of aromatic nitrogens is 2. The second-order valence-electron chi connectivity index (χ2n) is 12.3. The Morgan fingerprint density at radius 3 is 2.19 bits per heavy atom. The quantitative estimate of drug-likeness (QED) is 0.237. The standard InChI is InChI=1S/C37H36N6/c1-6-25-16-22-28(23-17-25)38-34-36-40-35-32(24(2)41-43(35)29-12-8-7-9-13-29)33(26-18-20-27(21-19-26)37(3,4)5)42(36)31-15-11-10-14-30(31)39-34/h7-23,33H,6H2,1-5H3,(H,38,39). The number of nitrogens with one attached hydrogen (secondary N) is 1. The number of para-hydroxylation sites is 3. The van der Waals surface area contributed by atoms with E-state index in [0.29, 0.717) is 5.84 Å². The van der Waals surface area contributed by atoms with Crippen LogP contribution < -0.4 is 10.2 Å². The molecule has 0 saturated carbocycles. The van der Waals surface area contributed by atoms with Gasteiger partial charge >= 0.3 is 0 Å². The maximum absolute atomic E-state index is 5.36. The molecular formula is C37H36N6. The summed E-state index contributed by atoms with van der Waals surface area (Å²) in [5.41, 5.74) is 9.77. The van der Waals surface area contributed by atoms with Crippen molar-refractivity contribution in [1.29, 1.82) is 0 Å². The average Bonchev–Trinajstić information content (AvgIpc) is 3.36. The highest BCUT2D eigenvalue weighted by atomic mass is 15.4. The molecule has 0 fully saturated rings. The van der Waals surface area contributed by atoms with Gasteiger partial charge in [0, 0.05) is 11.3 Å². The summed E-state index contributed by atoms with van der Waals surface area (Å²) in [6.45, 7) is 11.0. The van der Waals surface area contributed by atoms with Gasteiger partial charge in [-0.2, -0.15) is 5.10 Å². The monoisotopic (exact) mass is 564 g/mol. The molecule has 1 N–H and O–H groups in total. The Kier molecular flexibility index (Phi) is 6.50. The molecule has 214 valence electrons. The van der Waals surface area contributed by atoms with Gasteiger partial charge in [-0.25, -0.2) is 14.7 Å². The molecular weight excluding hydrogens is 528 g/mol. The van der Waals surface area contributed by atoms with E-state index < -0.39 is 0 Å². The molecule has 0 amide bonds. The number of hydrogen-bond acceptors (Lipinski definition) is 5. The zero-order chi connectivity index (χ0) is 29.7. The van der Waals surface area contributed by atoms with Crippen molar-refractivity contribution >= 4 is 34.6 Å². The molecule has 4 aromatic carbocycles. The van der Waals surface area contributed by atoms with Gasteiger partial charge in [0.15, 0.2) is 17.5 Å². The zero-order valence-corrected chi connectivity index (χ0v) is 25.3. The van der Waals surface area contributed by atoms with Crippen molar-refractivity contribution in [3.8, 4) is 5.69 Å². The smallest absolute Gasteiger partial charge is 0.179 e. The molecule has 7 rings (SSSR count). The number of anilines is 2. The first-order chi connectivity index (χ1) is 20.8. The fourth-order valence-electron chi connectivity index (χ4n) is 5.99. The van der Waals surface area contributed by atoms with Crippen molar-refractivity contribution in [2.75, 3.05) is 10.2 Å². The molecule has 2 aliphatic rings. The van der Waals surface area contributed by atoms with E-state index in [1.54, 1.807) is 0 Å². The fraction of sp³-hybridized carbons (Fsp3) is 0.216. The van der Waals surface area contributed by atoms with Crippen LogP contribution in [0.4, 0.5) is 22.9 Å². The average molecular weight is 565 g/mol. The highest BCUT2D eigenvalue weighted by Gasteiger charge is 2.41. The highest BCUT2D eigenvalue weighted by Crippen LogP contribution is 2.48. The van der Waals surface area contributed by atoms with E-state index in [-0.39, 0.29) is 11.5 Å². The minimum Gasteiger partial charge on any atom is -0.337 e. The van der Waals surface area contributed by atoms with Crippen molar-refractivity contribution < 1.29 is 0 Å². The zero-order valence-electron chi connectivity index (χ0n) is 25.3. The van der Waals surface area contributed by atoms with Crippen LogP contribution in [0.1, 0.15) is 61.7 Å². The number of nitrogens with zero attached hydrogens (tertiary/aromatic N) is 5. The van der Waals surface area contributed by atoms with Crippen molar-refractivity contribution in [3.05, 3.63) is 131 Å². The predicted octanol–water partition coefficient (Wildman–Crippen LogP) is 8.84. The Morgan fingerprint density at radius 2 is 1.49 bits per heavy atom. The van der Waals surface area contributed by atoms with E-state index in [0.717, 1.165) is 52.1 Å². The first kappa shape index (κ1) is 26.9. The van der Waals surface area contributed by atoms with Crippen LogP contribution >= 0.6 is 0 Å². The summed E-state index contributed by atoms with van der Waals surface area (Å²) in [5.74, 6) is 2.31. The molecule has 1 aromatic heterocycles. The Hall–Kier alpha value is -4.97.